The van der Waals surface area contributed by atoms with Crippen LogP contribution in [0.5, 0.6) is 0 Å². The van der Waals surface area contributed by atoms with Crippen LogP contribution in [-0.4, -0.2) is 30.8 Å². The first kappa shape index (κ1) is 15.5. The van der Waals surface area contributed by atoms with E-state index in [4.69, 9.17) is 0 Å². The quantitative estimate of drug-likeness (QED) is 0.461. The van der Waals surface area contributed by atoms with E-state index in [1.807, 2.05) is 0 Å². The second-order valence-corrected chi connectivity index (χ2v) is 4.02. The van der Waals surface area contributed by atoms with Crippen molar-refractivity contribution in [2.45, 2.75) is 59.5 Å². The minimum absolute atomic E-state index is 0.143. The molecule has 0 aliphatic heterocycles. The molecule has 4 nitrogen and oxygen atoms in total. The maximum absolute atomic E-state index is 4.31. The van der Waals surface area contributed by atoms with Gasteiger partial charge < -0.3 is 0 Å². The summed E-state index contributed by atoms with van der Waals surface area (Å²) in [4.78, 5) is 0. The van der Waals surface area contributed by atoms with E-state index in [9.17, 15) is 0 Å². The monoisotopic (exact) mass is 228 g/mol. The summed E-state index contributed by atoms with van der Waals surface area (Å²) >= 11 is 0. The standard InChI is InChI=1S/C12H28N4/c1-5-9-13-14-12(8-4)15-16(10-6-2)11-7-3/h12,15H,5-11H2,1-4H3. The van der Waals surface area contributed by atoms with Crippen molar-refractivity contribution in [1.82, 2.24) is 10.4 Å². The predicted molar refractivity (Wildman–Crippen MR) is 69.4 cm³/mol. The maximum atomic E-state index is 4.31. The van der Waals surface area contributed by atoms with Crippen LogP contribution >= 0.6 is 0 Å². The smallest absolute Gasteiger partial charge is 0.133 e. The van der Waals surface area contributed by atoms with Crippen LogP contribution in [0.15, 0.2) is 10.2 Å². The van der Waals surface area contributed by atoms with Crippen LogP contribution in [-0.2, 0) is 0 Å². The molecule has 0 heterocycles. The molecule has 0 saturated heterocycles. The van der Waals surface area contributed by atoms with Gasteiger partial charge in [-0.25, -0.2) is 10.4 Å². The summed E-state index contributed by atoms with van der Waals surface area (Å²) in [5, 5.41) is 10.7. The summed E-state index contributed by atoms with van der Waals surface area (Å²) in [6.07, 6.45) is 4.51. The highest BCUT2D eigenvalue weighted by atomic mass is 15.5. The summed E-state index contributed by atoms with van der Waals surface area (Å²) < 4.78 is 0. The number of nitrogens with one attached hydrogen (secondary N) is 1. The number of hydrogen-bond acceptors (Lipinski definition) is 4. The molecule has 0 spiro atoms. The van der Waals surface area contributed by atoms with Crippen LogP contribution in [0, 0.1) is 0 Å². The van der Waals surface area contributed by atoms with Gasteiger partial charge in [0.25, 0.3) is 0 Å². The SMILES string of the molecule is CCCN=NC(CC)NN(CCC)CCC. The Morgan fingerprint density at radius 2 is 1.62 bits per heavy atom. The second-order valence-electron chi connectivity index (χ2n) is 4.02. The van der Waals surface area contributed by atoms with Crippen molar-refractivity contribution >= 4 is 0 Å². The Hall–Kier alpha value is -0.480. The first-order valence-corrected chi connectivity index (χ1v) is 6.66. The van der Waals surface area contributed by atoms with Gasteiger partial charge in [-0.15, -0.1) is 0 Å². The summed E-state index contributed by atoms with van der Waals surface area (Å²) in [6, 6.07) is 0. The largest absolute Gasteiger partial charge is 0.243 e. The van der Waals surface area contributed by atoms with Gasteiger partial charge in [-0.2, -0.15) is 10.2 Å². The summed E-state index contributed by atoms with van der Waals surface area (Å²) in [5.41, 5.74) is 3.44. The lowest BCUT2D eigenvalue weighted by Gasteiger charge is -2.25. The van der Waals surface area contributed by atoms with E-state index in [0.29, 0.717) is 0 Å². The zero-order valence-corrected chi connectivity index (χ0v) is 11.4. The van der Waals surface area contributed by atoms with Gasteiger partial charge in [0.15, 0.2) is 0 Å². The molecule has 0 fully saturated rings. The fourth-order valence-corrected chi connectivity index (χ4v) is 1.45. The highest BCUT2D eigenvalue weighted by Crippen LogP contribution is 1.99. The Kier molecular flexibility index (Phi) is 10.7. The Labute approximate surface area is 100 Å². The lowest BCUT2D eigenvalue weighted by Crippen LogP contribution is -2.44. The van der Waals surface area contributed by atoms with Crippen LogP contribution in [0.3, 0.4) is 0 Å². The molecule has 0 bridgehead atoms. The van der Waals surface area contributed by atoms with Crippen molar-refractivity contribution in [3.8, 4) is 0 Å². The van der Waals surface area contributed by atoms with E-state index in [2.05, 4.69) is 48.4 Å². The van der Waals surface area contributed by atoms with Gasteiger partial charge in [-0.1, -0.05) is 27.7 Å². The Morgan fingerprint density at radius 3 is 2.06 bits per heavy atom. The predicted octanol–water partition coefficient (Wildman–Crippen LogP) is 3.21. The molecule has 0 rings (SSSR count). The normalized spacial score (nSPS) is 13.8. The van der Waals surface area contributed by atoms with Crippen molar-refractivity contribution in [2.24, 2.45) is 10.2 Å². The Bertz CT molecular complexity index is 164. The van der Waals surface area contributed by atoms with Crippen LogP contribution in [0.1, 0.15) is 53.4 Å². The molecule has 96 valence electrons. The molecule has 0 radical (unpaired) electrons. The zero-order chi connectivity index (χ0) is 12.2. The van der Waals surface area contributed by atoms with E-state index in [1.165, 1.54) is 0 Å². The highest BCUT2D eigenvalue weighted by molar-refractivity contribution is 4.59. The molecule has 1 unspecified atom stereocenters. The molecule has 0 aliphatic rings. The molecule has 0 aromatic carbocycles. The second kappa shape index (κ2) is 11.0. The molecule has 16 heavy (non-hydrogen) atoms. The lowest BCUT2D eigenvalue weighted by molar-refractivity contribution is 0.154. The molecule has 4 heteroatoms. The number of hydrogen-bond donors (Lipinski definition) is 1. The van der Waals surface area contributed by atoms with E-state index < -0.39 is 0 Å². The third-order valence-electron chi connectivity index (χ3n) is 2.25. The molecular weight excluding hydrogens is 200 g/mol. The minimum Gasteiger partial charge on any atom is -0.243 e. The van der Waals surface area contributed by atoms with Gasteiger partial charge in [0, 0.05) is 13.1 Å². The molecule has 0 aromatic heterocycles. The van der Waals surface area contributed by atoms with Gasteiger partial charge in [0.2, 0.25) is 0 Å². The third kappa shape index (κ3) is 7.77. The van der Waals surface area contributed by atoms with Crippen LogP contribution < -0.4 is 5.43 Å². The molecule has 0 aromatic rings. The average Bonchev–Trinajstić information content (AvgIpc) is 2.28. The summed E-state index contributed by atoms with van der Waals surface area (Å²) in [7, 11) is 0. The highest BCUT2D eigenvalue weighted by Gasteiger charge is 2.08. The lowest BCUT2D eigenvalue weighted by atomic mass is 10.4. The molecule has 0 aliphatic carbocycles. The van der Waals surface area contributed by atoms with Gasteiger partial charge in [-0.3, -0.25) is 0 Å². The summed E-state index contributed by atoms with van der Waals surface area (Å²) in [5.74, 6) is 0. The Balaban J connectivity index is 4.03. The molecular formula is C12H28N4. The van der Waals surface area contributed by atoms with Crippen molar-refractivity contribution in [2.75, 3.05) is 19.6 Å². The first-order valence-electron chi connectivity index (χ1n) is 6.66. The average molecular weight is 228 g/mol. The zero-order valence-electron chi connectivity index (χ0n) is 11.4. The van der Waals surface area contributed by atoms with E-state index in [-0.39, 0.29) is 6.17 Å². The van der Waals surface area contributed by atoms with Gasteiger partial charge in [0.1, 0.15) is 6.17 Å². The van der Waals surface area contributed by atoms with Crippen LogP contribution in [0.4, 0.5) is 0 Å². The van der Waals surface area contributed by atoms with Crippen LogP contribution in [0.2, 0.25) is 0 Å². The van der Waals surface area contributed by atoms with Crippen molar-refractivity contribution in [3.63, 3.8) is 0 Å². The number of rotatable bonds is 10. The fraction of sp³-hybridized carbons (Fsp3) is 1.00. The van der Waals surface area contributed by atoms with E-state index in [1.54, 1.807) is 0 Å². The molecule has 1 atom stereocenters. The topological polar surface area (TPSA) is 40.0 Å². The van der Waals surface area contributed by atoms with E-state index in [0.717, 1.165) is 45.3 Å². The van der Waals surface area contributed by atoms with E-state index >= 15 is 0 Å². The van der Waals surface area contributed by atoms with Crippen molar-refractivity contribution < 1.29 is 0 Å². The fourth-order valence-electron chi connectivity index (χ4n) is 1.45. The van der Waals surface area contributed by atoms with Crippen LogP contribution in [0.25, 0.3) is 0 Å². The number of nitrogens with zero attached hydrogens (tertiary/aromatic N) is 3. The Morgan fingerprint density at radius 1 is 1.00 bits per heavy atom. The van der Waals surface area contributed by atoms with Crippen molar-refractivity contribution in [3.05, 3.63) is 0 Å². The molecule has 1 N–H and O–H groups in total. The van der Waals surface area contributed by atoms with Gasteiger partial charge in [0.05, 0.1) is 6.54 Å². The minimum atomic E-state index is 0.143. The maximum Gasteiger partial charge on any atom is 0.133 e. The number of azo groups is 1. The molecule has 0 amide bonds. The van der Waals surface area contributed by atoms with Gasteiger partial charge >= 0.3 is 0 Å². The van der Waals surface area contributed by atoms with Gasteiger partial charge in [-0.05, 0) is 25.7 Å². The third-order valence-corrected chi connectivity index (χ3v) is 2.25. The first-order chi connectivity index (χ1) is 7.78. The number of hydrazine groups is 1. The summed E-state index contributed by atoms with van der Waals surface area (Å²) in [6.45, 7) is 11.6. The molecule has 0 saturated carbocycles. The van der Waals surface area contributed by atoms with Crippen molar-refractivity contribution in [1.29, 1.82) is 0 Å².